The molecule has 1 aromatic rings. The second kappa shape index (κ2) is 8.38. The van der Waals surface area contributed by atoms with E-state index in [4.69, 9.17) is 5.73 Å². The van der Waals surface area contributed by atoms with Crippen molar-refractivity contribution in [3.05, 3.63) is 24.3 Å². The lowest BCUT2D eigenvalue weighted by atomic mass is 10.2. The fourth-order valence-electron chi connectivity index (χ4n) is 1.60. The number of hydrogen-bond acceptors (Lipinski definition) is 5. The van der Waals surface area contributed by atoms with Crippen molar-refractivity contribution in [3.8, 4) is 0 Å². The first-order chi connectivity index (χ1) is 9.90. The second-order valence-corrected chi connectivity index (χ2v) is 7.16. The van der Waals surface area contributed by atoms with Gasteiger partial charge < -0.3 is 11.1 Å². The van der Waals surface area contributed by atoms with Gasteiger partial charge in [-0.15, -0.1) is 0 Å². The van der Waals surface area contributed by atoms with Crippen LogP contribution < -0.4 is 15.8 Å². The third-order valence-corrected chi connectivity index (χ3v) is 4.94. The maximum absolute atomic E-state index is 11.8. The zero-order valence-corrected chi connectivity index (χ0v) is 13.8. The van der Waals surface area contributed by atoms with Gasteiger partial charge in [0, 0.05) is 12.2 Å². The normalized spacial score (nSPS) is 12.9. The van der Waals surface area contributed by atoms with Gasteiger partial charge in [-0.3, -0.25) is 4.79 Å². The Hall–Kier alpha value is -1.09. The van der Waals surface area contributed by atoms with Gasteiger partial charge in [-0.2, -0.15) is 11.8 Å². The smallest absolute Gasteiger partial charge is 0.241 e. The molecule has 0 bridgehead atoms. The summed E-state index contributed by atoms with van der Waals surface area (Å²) in [5.41, 5.74) is 6.28. The Morgan fingerprint density at radius 3 is 2.48 bits per heavy atom. The van der Waals surface area contributed by atoms with Gasteiger partial charge in [0.25, 0.3) is 0 Å². The van der Waals surface area contributed by atoms with E-state index in [9.17, 15) is 13.2 Å². The van der Waals surface area contributed by atoms with E-state index in [0.717, 1.165) is 5.75 Å². The van der Waals surface area contributed by atoms with E-state index in [1.165, 1.54) is 12.1 Å². The molecule has 0 unspecified atom stereocenters. The number of rotatable bonds is 8. The molecule has 21 heavy (non-hydrogen) atoms. The van der Waals surface area contributed by atoms with E-state index in [1.54, 1.807) is 30.8 Å². The predicted molar refractivity (Wildman–Crippen MR) is 86.9 cm³/mol. The van der Waals surface area contributed by atoms with Gasteiger partial charge in [-0.05, 0) is 42.7 Å². The first kappa shape index (κ1) is 18.0. The van der Waals surface area contributed by atoms with Crippen LogP contribution in [-0.2, 0) is 14.8 Å². The average molecular weight is 331 g/mol. The van der Waals surface area contributed by atoms with Gasteiger partial charge in [0.15, 0.2) is 0 Å². The van der Waals surface area contributed by atoms with Crippen LogP contribution in [-0.4, -0.2) is 38.9 Å². The van der Waals surface area contributed by atoms with Crippen molar-refractivity contribution >= 4 is 33.4 Å². The highest BCUT2D eigenvalue weighted by molar-refractivity contribution is 7.98. The Morgan fingerprint density at radius 2 is 1.95 bits per heavy atom. The molecule has 118 valence electrons. The van der Waals surface area contributed by atoms with E-state index < -0.39 is 16.1 Å². The molecule has 0 fully saturated rings. The molecule has 8 heteroatoms. The SMILES string of the molecule is CCNS(=O)(=O)c1ccc(NC(=O)[C@H](N)CCSC)cc1. The van der Waals surface area contributed by atoms with Gasteiger partial charge in [-0.1, -0.05) is 6.92 Å². The zero-order chi connectivity index (χ0) is 15.9. The highest BCUT2D eigenvalue weighted by atomic mass is 32.2. The molecule has 1 aromatic carbocycles. The molecule has 0 heterocycles. The Bertz CT molecular complexity index is 559. The number of carbonyl (C=O) groups is 1. The standard InChI is InChI=1S/C13H21N3O3S2/c1-3-15-21(18,19)11-6-4-10(5-7-11)16-13(17)12(14)8-9-20-2/h4-7,12,15H,3,8-9,14H2,1-2H3,(H,16,17)/t12-/m1/s1. The molecule has 0 radical (unpaired) electrons. The third kappa shape index (κ3) is 5.66. The van der Waals surface area contributed by atoms with E-state index >= 15 is 0 Å². The summed E-state index contributed by atoms with van der Waals surface area (Å²) in [7, 11) is -3.47. The Kier molecular flexibility index (Phi) is 7.16. The summed E-state index contributed by atoms with van der Waals surface area (Å²) in [5.74, 6) is 0.542. The van der Waals surface area contributed by atoms with Crippen LogP contribution in [0.25, 0.3) is 0 Å². The van der Waals surface area contributed by atoms with Gasteiger partial charge in [0.2, 0.25) is 15.9 Å². The molecule has 0 aliphatic rings. The molecular formula is C13H21N3O3S2. The van der Waals surface area contributed by atoms with Crippen molar-refractivity contribution in [1.82, 2.24) is 4.72 Å². The number of anilines is 1. The highest BCUT2D eigenvalue weighted by Crippen LogP contribution is 2.14. The minimum absolute atomic E-state index is 0.161. The van der Waals surface area contributed by atoms with Crippen LogP contribution in [0.5, 0.6) is 0 Å². The van der Waals surface area contributed by atoms with Crippen molar-refractivity contribution in [3.63, 3.8) is 0 Å². The third-order valence-electron chi connectivity index (χ3n) is 2.74. The summed E-state index contributed by atoms with van der Waals surface area (Å²) < 4.78 is 25.9. The lowest BCUT2D eigenvalue weighted by Crippen LogP contribution is -2.36. The van der Waals surface area contributed by atoms with Crippen LogP contribution in [0.15, 0.2) is 29.2 Å². The largest absolute Gasteiger partial charge is 0.325 e. The Labute approximate surface area is 129 Å². The molecule has 0 saturated carbocycles. The summed E-state index contributed by atoms with van der Waals surface area (Å²) in [6, 6.07) is 5.41. The summed E-state index contributed by atoms with van der Waals surface area (Å²) in [6.45, 7) is 2.03. The maximum Gasteiger partial charge on any atom is 0.241 e. The second-order valence-electron chi connectivity index (χ2n) is 4.40. The summed E-state index contributed by atoms with van der Waals surface area (Å²) in [6.07, 6.45) is 2.55. The summed E-state index contributed by atoms with van der Waals surface area (Å²) in [5, 5.41) is 2.67. The molecule has 0 aliphatic carbocycles. The lowest BCUT2D eigenvalue weighted by molar-refractivity contribution is -0.117. The van der Waals surface area contributed by atoms with Crippen LogP contribution in [0.3, 0.4) is 0 Å². The zero-order valence-electron chi connectivity index (χ0n) is 12.1. The molecule has 0 saturated heterocycles. The minimum Gasteiger partial charge on any atom is -0.325 e. The molecule has 1 atom stereocenters. The van der Waals surface area contributed by atoms with Crippen LogP contribution in [0, 0.1) is 0 Å². The fraction of sp³-hybridized carbons (Fsp3) is 0.462. The number of hydrogen-bond donors (Lipinski definition) is 3. The topological polar surface area (TPSA) is 101 Å². The van der Waals surface area contributed by atoms with Gasteiger partial charge >= 0.3 is 0 Å². The van der Waals surface area contributed by atoms with Crippen molar-refractivity contribution in [2.75, 3.05) is 23.9 Å². The fourth-order valence-corrected chi connectivity index (χ4v) is 3.13. The molecular weight excluding hydrogens is 310 g/mol. The number of nitrogens with one attached hydrogen (secondary N) is 2. The molecule has 0 aromatic heterocycles. The maximum atomic E-state index is 11.8. The number of sulfonamides is 1. The number of thioether (sulfide) groups is 1. The molecule has 0 spiro atoms. The van der Waals surface area contributed by atoms with Crippen LogP contribution in [0.2, 0.25) is 0 Å². The minimum atomic E-state index is -3.47. The quantitative estimate of drug-likeness (QED) is 0.660. The predicted octanol–water partition coefficient (Wildman–Crippen LogP) is 1.00. The van der Waals surface area contributed by atoms with Crippen LogP contribution in [0.1, 0.15) is 13.3 Å². The average Bonchev–Trinajstić information content (AvgIpc) is 2.45. The van der Waals surface area contributed by atoms with Gasteiger partial charge in [-0.25, -0.2) is 13.1 Å². The van der Waals surface area contributed by atoms with Gasteiger partial charge in [0.05, 0.1) is 10.9 Å². The Balaban J connectivity index is 2.69. The van der Waals surface area contributed by atoms with Crippen molar-refractivity contribution in [1.29, 1.82) is 0 Å². The number of benzene rings is 1. The monoisotopic (exact) mass is 331 g/mol. The number of carbonyl (C=O) groups excluding carboxylic acids is 1. The van der Waals surface area contributed by atoms with Gasteiger partial charge in [0.1, 0.15) is 0 Å². The summed E-state index contributed by atoms with van der Waals surface area (Å²) in [4.78, 5) is 12.0. The summed E-state index contributed by atoms with van der Waals surface area (Å²) >= 11 is 1.63. The van der Waals surface area contributed by atoms with Crippen LogP contribution in [0.4, 0.5) is 5.69 Å². The highest BCUT2D eigenvalue weighted by Gasteiger charge is 2.15. The molecule has 6 nitrogen and oxygen atoms in total. The lowest BCUT2D eigenvalue weighted by Gasteiger charge is -2.12. The number of amides is 1. The first-order valence-electron chi connectivity index (χ1n) is 6.55. The molecule has 0 aliphatic heterocycles. The van der Waals surface area contributed by atoms with Crippen LogP contribution >= 0.6 is 11.8 Å². The first-order valence-corrected chi connectivity index (χ1v) is 9.43. The van der Waals surface area contributed by atoms with Crippen molar-refractivity contribution in [2.24, 2.45) is 5.73 Å². The van der Waals surface area contributed by atoms with E-state index in [0.29, 0.717) is 18.7 Å². The van der Waals surface area contributed by atoms with E-state index in [-0.39, 0.29) is 10.8 Å². The van der Waals surface area contributed by atoms with Crippen molar-refractivity contribution in [2.45, 2.75) is 24.3 Å². The molecule has 1 rings (SSSR count). The van der Waals surface area contributed by atoms with E-state index in [1.807, 2.05) is 6.26 Å². The molecule has 4 N–H and O–H groups in total. The Morgan fingerprint density at radius 1 is 1.33 bits per heavy atom. The number of nitrogens with two attached hydrogens (primary N) is 1. The van der Waals surface area contributed by atoms with Crippen molar-refractivity contribution < 1.29 is 13.2 Å². The molecule has 1 amide bonds. The van der Waals surface area contributed by atoms with E-state index in [2.05, 4.69) is 10.0 Å².